The number of aromatic nitrogens is 1. The summed E-state index contributed by atoms with van der Waals surface area (Å²) >= 11 is 3.53. The Bertz CT molecular complexity index is 513. The van der Waals surface area contributed by atoms with Crippen LogP contribution in [0.4, 0.5) is 9.52 Å². The summed E-state index contributed by atoms with van der Waals surface area (Å²) in [4.78, 5) is 4.40. The molecule has 2 aromatic rings. The van der Waals surface area contributed by atoms with Crippen molar-refractivity contribution in [2.24, 2.45) is 0 Å². The van der Waals surface area contributed by atoms with Gasteiger partial charge in [-0.2, -0.15) is 11.8 Å². The van der Waals surface area contributed by atoms with E-state index in [4.69, 9.17) is 0 Å². The molecule has 1 atom stereocenters. The van der Waals surface area contributed by atoms with Crippen LogP contribution >= 0.6 is 23.1 Å². The van der Waals surface area contributed by atoms with Crippen molar-refractivity contribution in [2.45, 2.75) is 26.3 Å². The maximum atomic E-state index is 13.1. The Labute approximate surface area is 115 Å². The van der Waals surface area contributed by atoms with E-state index in [2.05, 4.69) is 24.1 Å². The van der Waals surface area contributed by atoms with Crippen LogP contribution in [0.5, 0.6) is 0 Å². The van der Waals surface area contributed by atoms with Crippen LogP contribution in [0.1, 0.15) is 20.3 Å². The fraction of sp³-hybridized carbons (Fsp3) is 0.462. The predicted octanol–water partition coefficient (Wildman–Crippen LogP) is 4.38. The number of benzene rings is 1. The van der Waals surface area contributed by atoms with E-state index < -0.39 is 0 Å². The van der Waals surface area contributed by atoms with Crippen molar-refractivity contribution >= 4 is 38.4 Å². The molecular weight excluding hydrogens is 267 g/mol. The molecule has 1 unspecified atom stereocenters. The molecule has 2 rings (SSSR count). The standard InChI is InChI=1S/C13H17FN2S2/c1-3-17-7-6-9(2)15-13-16-11-8-10(14)4-5-12(11)18-13/h4-5,8-9H,3,6-7H2,1-2H3,(H,15,16). The van der Waals surface area contributed by atoms with Crippen molar-refractivity contribution < 1.29 is 4.39 Å². The Hall–Kier alpha value is -0.810. The van der Waals surface area contributed by atoms with Crippen LogP contribution in [0, 0.1) is 5.82 Å². The average molecular weight is 284 g/mol. The van der Waals surface area contributed by atoms with Gasteiger partial charge in [0.2, 0.25) is 0 Å². The second kappa shape index (κ2) is 6.38. The van der Waals surface area contributed by atoms with Crippen LogP contribution in [-0.4, -0.2) is 22.5 Å². The van der Waals surface area contributed by atoms with Crippen LogP contribution in [0.2, 0.25) is 0 Å². The van der Waals surface area contributed by atoms with Gasteiger partial charge in [-0.05, 0) is 37.0 Å². The summed E-state index contributed by atoms with van der Waals surface area (Å²) in [5, 5.41) is 4.26. The maximum Gasteiger partial charge on any atom is 0.184 e. The van der Waals surface area contributed by atoms with E-state index in [0.29, 0.717) is 6.04 Å². The van der Waals surface area contributed by atoms with Crippen molar-refractivity contribution in [1.29, 1.82) is 0 Å². The van der Waals surface area contributed by atoms with Gasteiger partial charge >= 0.3 is 0 Å². The zero-order chi connectivity index (χ0) is 13.0. The van der Waals surface area contributed by atoms with Crippen molar-refractivity contribution in [2.75, 3.05) is 16.8 Å². The van der Waals surface area contributed by atoms with Crippen molar-refractivity contribution in [3.63, 3.8) is 0 Å². The molecule has 0 aliphatic rings. The molecule has 1 aromatic heterocycles. The van der Waals surface area contributed by atoms with Crippen LogP contribution in [0.3, 0.4) is 0 Å². The summed E-state index contributed by atoms with van der Waals surface area (Å²) in [6, 6.07) is 5.14. The minimum Gasteiger partial charge on any atom is -0.359 e. The number of nitrogens with zero attached hydrogens (tertiary/aromatic N) is 1. The van der Waals surface area contributed by atoms with Crippen molar-refractivity contribution in [3.8, 4) is 0 Å². The Morgan fingerprint density at radius 2 is 2.33 bits per heavy atom. The van der Waals surface area contributed by atoms with Gasteiger partial charge in [0.1, 0.15) is 5.82 Å². The fourth-order valence-corrected chi connectivity index (χ4v) is 3.42. The topological polar surface area (TPSA) is 24.9 Å². The molecule has 18 heavy (non-hydrogen) atoms. The highest BCUT2D eigenvalue weighted by atomic mass is 32.2. The van der Waals surface area contributed by atoms with Gasteiger partial charge in [-0.1, -0.05) is 18.3 Å². The summed E-state index contributed by atoms with van der Waals surface area (Å²) in [5.41, 5.74) is 0.734. The molecule has 0 aliphatic heterocycles. The third-order valence-electron chi connectivity index (χ3n) is 2.62. The summed E-state index contributed by atoms with van der Waals surface area (Å²) in [6.45, 7) is 4.33. The van der Waals surface area contributed by atoms with Gasteiger partial charge in [-0.15, -0.1) is 0 Å². The molecule has 0 saturated heterocycles. The minimum absolute atomic E-state index is 0.230. The summed E-state index contributed by atoms with van der Waals surface area (Å²) in [5.74, 6) is 2.09. The lowest BCUT2D eigenvalue weighted by atomic mass is 10.3. The van der Waals surface area contributed by atoms with Crippen LogP contribution in [0.15, 0.2) is 18.2 Å². The molecule has 0 radical (unpaired) electrons. The van der Waals surface area contributed by atoms with E-state index >= 15 is 0 Å². The fourth-order valence-electron chi connectivity index (χ4n) is 1.65. The third-order valence-corrected chi connectivity index (χ3v) is 4.52. The Balaban J connectivity index is 1.98. The van der Waals surface area contributed by atoms with E-state index in [9.17, 15) is 4.39 Å². The maximum absolute atomic E-state index is 13.1. The van der Waals surface area contributed by atoms with Crippen molar-refractivity contribution in [3.05, 3.63) is 24.0 Å². The van der Waals surface area contributed by atoms with Crippen LogP contribution < -0.4 is 5.32 Å². The second-order valence-electron chi connectivity index (χ2n) is 4.16. The SMILES string of the molecule is CCSCCC(C)Nc1nc2cc(F)ccc2s1. The van der Waals surface area contributed by atoms with Gasteiger partial charge in [0.05, 0.1) is 10.2 Å². The van der Waals surface area contributed by atoms with Gasteiger partial charge in [0.25, 0.3) is 0 Å². The summed E-state index contributed by atoms with van der Waals surface area (Å²) in [7, 11) is 0. The van der Waals surface area contributed by atoms with E-state index in [-0.39, 0.29) is 5.82 Å². The van der Waals surface area contributed by atoms with Crippen molar-refractivity contribution in [1.82, 2.24) is 4.98 Å². The highest BCUT2D eigenvalue weighted by Crippen LogP contribution is 2.27. The van der Waals surface area contributed by atoms with Gasteiger partial charge in [-0.3, -0.25) is 0 Å². The quantitative estimate of drug-likeness (QED) is 0.797. The molecule has 0 bridgehead atoms. The number of thiazole rings is 1. The largest absolute Gasteiger partial charge is 0.359 e. The lowest BCUT2D eigenvalue weighted by molar-refractivity contribution is 0.629. The van der Waals surface area contributed by atoms with Crippen LogP contribution in [0.25, 0.3) is 10.2 Å². The third kappa shape index (κ3) is 3.59. The number of anilines is 1. The number of hydrogen-bond donors (Lipinski definition) is 1. The molecule has 1 heterocycles. The Morgan fingerprint density at radius 3 is 3.11 bits per heavy atom. The second-order valence-corrected chi connectivity index (χ2v) is 6.59. The number of rotatable bonds is 6. The number of hydrogen-bond acceptors (Lipinski definition) is 4. The zero-order valence-corrected chi connectivity index (χ0v) is 12.2. The molecule has 0 saturated carbocycles. The number of thioether (sulfide) groups is 1. The Kier molecular flexibility index (Phi) is 4.83. The number of fused-ring (bicyclic) bond motifs is 1. The molecule has 0 spiro atoms. The molecular formula is C13H17FN2S2. The highest BCUT2D eigenvalue weighted by molar-refractivity contribution is 7.99. The van der Waals surface area contributed by atoms with Gasteiger partial charge in [0, 0.05) is 12.1 Å². The molecule has 1 N–H and O–H groups in total. The molecule has 0 fully saturated rings. The number of halogens is 1. The lowest BCUT2D eigenvalue weighted by Gasteiger charge is -2.11. The Morgan fingerprint density at radius 1 is 1.50 bits per heavy atom. The highest BCUT2D eigenvalue weighted by Gasteiger charge is 2.07. The van der Waals surface area contributed by atoms with E-state index in [0.717, 1.165) is 33.3 Å². The first-order valence-electron chi connectivity index (χ1n) is 6.09. The van der Waals surface area contributed by atoms with E-state index in [1.165, 1.54) is 12.1 Å². The van der Waals surface area contributed by atoms with E-state index in [1.54, 1.807) is 17.4 Å². The van der Waals surface area contributed by atoms with Gasteiger partial charge < -0.3 is 5.32 Å². The monoisotopic (exact) mass is 284 g/mol. The molecule has 0 aliphatic carbocycles. The molecule has 5 heteroatoms. The van der Waals surface area contributed by atoms with E-state index in [1.807, 2.05) is 11.8 Å². The molecule has 0 amide bonds. The first-order chi connectivity index (χ1) is 8.69. The normalized spacial score (nSPS) is 12.8. The zero-order valence-electron chi connectivity index (χ0n) is 10.6. The van der Waals surface area contributed by atoms with Gasteiger partial charge in [-0.25, -0.2) is 9.37 Å². The first kappa shape index (κ1) is 13.6. The average Bonchev–Trinajstić information content (AvgIpc) is 2.70. The molecule has 98 valence electrons. The molecule has 1 aromatic carbocycles. The molecule has 2 nitrogen and oxygen atoms in total. The summed E-state index contributed by atoms with van der Waals surface area (Å²) < 4.78 is 14.1. The first-order valence-corrected chi connectivity index (χ1v) is 8.06. The van der Waals surface area contributed by atoms with Crippen LogP contribution in [-0.2, 0) is 0 Å². The lowest BCUT2D eigenvalue weighted by Crippen LogP contribution is -2.15. The number of nitrogens with one attached hydrogen (secondary N) is 1. The predicted molar refractivity (Wildman–Crippen MR) is 80.3 cm³/mol. The van der Waals surface area contributed by atoms with Gasteiger partial charge in [0.15, 0.2) is 5.13 Å². The summed E-state index contributed by atoms with van der Waals surface area (Å²) in [6.07, 6.45) is 1.11. The minimum atomic E-state index is -0.230. The smallest absolute Gasteiger partial charge is 0.184 e.